The minimum absolute atomic E-state index is 0.0591. The predicted octanol–water partition coefficient (Wildman–Crippen LogP) is 18.5. The van der Waals surface area contributed by atoms with Gasteiger partial charge in [0.05, 0.1) is 26.4 Å². The van der Waals surface area contributed by atoms with Crippen LogP contribution in [0.3, 0.4) is 0 Å². The summed E-state index contributed by atoms with van der Waals surface area (Å²) in [6, 6.07) is -1.77. The average Bonchev–Trinajstić information content (AvgIpc) is 0.738. The molecular formula is C48H28F48O18. The van der Waals surface area contributed by atoms with Gasteiger partial charge in [0.1, 0.15) is 45.3 Å². The Morgan fingerprint density at radius 1 is 0.281 bits per heavy atom. The van der Waals surface area contributed by atoms with Crippen molar-refractivity contribution in [1.82, 2.24) is 0 Å². The SMILES string of the molecule is CCOC(=O)c1cc(OC(F)(F)C(F)OC(F)(F)C(F)(OC(F)(F)C(F)(F)C(F)(F)F)C(F)(F)F)c(C(=O)OCC)cc1O.CCOC(=O)c1cc(OC(F)(F)C(F)OC(F)(F)C(F)(OC(F)(F)C(F)(F)C(F)(F)F)C(F)(F)F)c(C(=O)OCC)cc1OC(F)(F)C(F)OC(F)(F)C(F)(OC(F)(F)C(F)(F)C(F)(F)F)C(F)(F)F. The van der Waals surface area contributed by atoms with Gasteiger partial charge in [-0.05, 0) is 52.0 Å². The van der Waals surface area contributed by atoms with Gasteiger partial charge in [-0.1, -0.05) is 0 Å². The van der Waals surface area contributed by atoms with Crippen molar-refractivity contribution in [3.8, 4) is 23.0 Å². The number of rotatable bonds is 35. The van der Waals surface area contributed by atoms with Crippen LogP contribution in [-0.4, -0.2) is 202 Å². The molecule has 0 aliphatic rings. The van der Waals surface area contributed by atoms with Crippen molar-refractivity contribution in [3.63, 3.8) is 0 Å². The summed E-state index contributed by atoms with van der Waals surface area (Å²) in [4.78, 5) is 48.8. The molecule has 6 atom stereocenters. The van der Waals surface area contributed by atoms with E-state index >= 15 is 0 Å². The third-order valence-electron chi connectivity index (χ3n) is 11.6. The maximum atomic E-state index is 14.8. The Kier molecular flexibility index (Phi) is 30.5. The molecule has 2 aromatic rings. The molecule has 66 heteroatoms. The highest BCUT2D eigenvalue weighted by atomic mass is 19.5. The molecule has 6 unspecified atom stereocenters. The minimum atomic E-state index is -8.28. The fourth-order valence-corrected chi connectivity index (χ4v) is 6.32. The van der Waals surface area contributed by atoms with Gasteiger partial charge >= 0.3 is 170 Å². The van der Waals surface area contributed by atoms with Crippen LogP contribution in [0.5, 0.6) is 23.0 Å². The fourth-order valence-electron chi connectivity index (χ4n) is 6.32. The zero-order valence-electron chi connectivity index (χ0n) is 52.9. The maximum Gasteiger partial charge on any atom is 0.462 e. The first-order chi connectivity index (χ1) is 50.1. The molecule has 1 N–H and O–H groups in total. The van der Waals surface area contributed by atoms with Crippen molar-refractivity contribution in [2.24, 2.45) is 0 Å². The normalized spacial score (nSPS) is 16.7. The number of phenols is 1. The number of phenolic OH excluding ortho intramolecular Hbond substituents is 1. The predicted molar refractivity (Wildman–Crippen MR) is 249 cm³/mol. The molecule has 0 spiro atoms. The molecule has 0 bridgehead atoms. The van der Waals surface area contributed by atoms with E-state index in [-0.39, 0.29) is 12.1 Å². The lowest BCUT2D eigenvalue weighted by atomic mass is 10.1. The van der Waals surface area contributed by atoms with Gasteiger partial charge in [0, 0.05) is 0 Å². The van der Waals surface area contributed by atoms with Gasteiger partial charge in [0.15, 0.2) is 0 Å². The number of carbonyl (C=O) groups excluding carboxylic acids is 4. The first-order valence-corrected chi connectivity index (χ1v) is 26.9. The Labute approximate surface area is 590 Å². The molecular weight excluding hydrogens is 1780 g/mol. The molecule has 114 heavy (non-hydrogen) atoms. The molecule has 0 aliphatic heterocycles. The zero-order chi connectivity index (χ0) is 91.0. The largest absolute Gasteiger partial charge is 0.507 e. The smallest absolute Gasteiger partial charge is 0.462 e. The van der Waals surface area contributed by atoms with E-state index < -0.39 is 254 Å². The van der Waals surface area contributed by atoms with E-state index in [1.165, 1.54) is 21.1 Å². The number of hydrogen-bond donors (Lipinski definition) is 1. The van der Waals surface area contributed by atoms with E-state index in [1.54, 1.807) is 0 Å². The second-order valence-corrected chi connectivity index (χ2v) is 19.8. The maximum absolute atomic E-state index is 14.8. The van der Waals surface area contributed by atoms with Crippen molar-refractivity contribution in [3.05, 3.63) is 46.5 Å². The Morgan fingerprint density at radius 2 is 0.456 bits per heavy atom. The lowest BCUT2D eigenvalue weighted by Crippen LogP contribution is -2.66. The van der Waals surface area contributed by atoms with Crippen LogP contribution >= 0.6 is 0 Å². The quantitative estimate of drug-likeness (QED) is 0.0386. The van der Waals surface area contributed by atoms with Gasteiger partial charge in [-0.2, -0.15) is 198 Å². The topological polar surface area (TPSA) is 208 Å². The number of hydrogen-bond acceptors (Lipinski definition) is 18. The molecule has 0 fully saturated rings. The molecule has 0 heterocycles. The van der Waals surface area contributed by atoms with Crippen LogP contribution in [0.25, 0.3) is 0 Å². The Hall–Kier alpha value is -8.08. The van der Waals surface area contributed by atoms with Crippen LogP contribution in [-0.2, 0) is 47.4 Å². The molecule has 0 saturated heterocycles. The van der Waals surface area contributed by atoms with Gasteiger partial charge in [0.25, 0.3) is 0 Å². The van der Waals surface area contributed by atoms with Gasteiger partial charge in [-0.25, -0.2) is 32.3 Å². The molecule has 2 rings (SSSR count). The van der Waals surface area contributed by atoms with Crippen molar-refractivity contribution in [2.45, 2.75) is 174 Å². The number of halogens is 48. The molecule has 2 aromatic carbocycles. The van der Waals surface area contributed by atoms with Crippen molar-refractivity contribution >= 4 is 23.9 Å². The second kappa shape index (κ2) is 33.5. The van der Waals surface area contributed by atoms with E-state index in [2.05, 4.69) is 37.9 Å². The molecule has 0 amide bonds. The molecule has 0 aliphatic carbocycles. The summed E-state index contributed by atoms with van der Waals surface area (Å²) in [5.41, 5.74) is -7.26. The van der Waals surface area contributed by atoms with Gasteiger partial charge in [-0.3, -0.25) is 28.4 Å². The van der Waals surface area contributed by atoms with E-state index in [9.17, 15) is 235 Å². The van der Waals surface area contributed by atoms with Crippen molar-refractivity contribution in [1.29, 1.82) is 0 Å². The highest BCUT2D eigenvalue weighted by Crippen LogP contribution is 2.60. The van der Waals surface area contributed by atoms with E-state index in [4.69, 9.17) is 0 Å². The molecule has 18 nitrogen and oxygen atoms in total. The number of carbonyl (C=O) groups is 4. The van der Waals surface area contributed by atoms with Crippen molar-refractivity contribution in [2.75, 3.05) is 26.4 Å². The Bertz CT molecular complexity index is 3500. The summed E-state index contributed by atoms with van der Waals surface area (Å²) in [7, 11) is 0. The van der Waals surface area contributed by atoms with E-state index in [0.29, 0.717) is 13.8 Å². The van der Waals surface area contributed by atoms with Crippen molar-refractivity contribution < 1.29 is 297 Å². The van der Waals surface area contributed by atoms with Crippen LogP contribution in [0.4, 0.5) is 211 Å². The summed E-state index contributed by atoms with van der Waals surface area (Å²) in [6.07, 6.45) is -133. The number of esters is 4. The third-order valence-corrected chi connectivity index (χ3v) is 11.6. The third kappa shape index (κ3) is 21.6. The summed E-state index contributed by atoms with van der Waals surface area (Å²) >= 11 is 0. The van der Waals surface area contributed by atoms with Crippen LogP contribution in [0.15, 0.2) is 24.3 Å². The highest BCUT2D eigenvalue weighted by Gasteiger charge is 2.88. The summed E-state index contributed by atoms with van der Waals surface area (Å²) in [6.45, 7) is 0.267. The Balaban J connectivity index is 0.00000127. The highest BCUT2D eigenvalue weighted by molar-refractivity contribution is 5.99. The molecule has 0 saturated carbocycles. The first kappa shape index (κ1) is 104. The van der Waals surface area contributed by atoms with Gasteiger partial charge in [-0.15, -0.1) is 0 Å². The second-order valence-electron chi connectivity index (χ2n) is 19.8. The standard InChI is InChI=1S/C28H14F32O10.C20H14F16O8/c1-3-63-11(61)7-5-10(66-16(33,34)14(30)68-28(59,60)20(40,24(50,51)52)70-26(55,56)18(37,38)22(44,45)46)8(12(62)64-4-2)6-9(7)65-15(31,32)13(29)67-27(57,58)19(39,23(47,48)49)69-25(53,54)17(35,36)21(41,42)43;1-3-40-11(38)7-6-10(8(5-9(7)37)12(39)41-4-2)42-14(22,23)13(21)43-20(35,36)16(26,18(30,31)32)44-19(33,34)15(24,25)17(27,28)29/h5-6,13-14H,3-4H2,1-2H3;5-6,13,37H,3-4H2,1-2H3. The minimum Gasteiger partial charge on any atom is -0.507 e. The Morgan fingerprint density at radius 3 is 0.632 bits per heavy atom. The molecule has 0 aromatic heterocycles. The lowest BCUT2D eigenvalue weighted by Gasteiger charge is -2.38. The summed E-state index contributed by atoms with van der Waals surface area (Å²) in [5.74, 6) is -65.3. The molecule has 0 radical (unpaired) electrons. The lowest BCUT2D eigenvalue weighted by molar-refractivity contribution is -0.543. The average molecular weight is 1800 g/mol. The van der Waals surface area contributed by atoms with Gasteiger partial charge < -0.3 is 38.3 Å². The van der Waals surface area contributed by atoms with E-state index in [1.807, 2.05) is 9.47 Å². The fraction of sp³-hybridized carbons (Fsp3) is 0.667. The molecule has 664 valence electrons. The number of benzene rings is 2. The number of aromatic hydroxyl groups is 1. The number of alkyl halides is 48. The van der Waals surface area contributed by atoms with Crippen LogP contribution in [0.2, 0.25) is 0 Å². The van der Waals surface area contributed by atoms with Crippen LogP contribution < -0.4 is 14.2 Å². The van der Waals surface area contributed by atoms with Crippen LogP contribution in [0.1, 0.15) is 69.1 Å². The van der Waals surface area contributed by atoms with E-state index in [0.717, 1.165) is 6.92 Å². The summed E-state index contributed by atoms with van der Waals surface area (Å²) in [5, 5.41) is 9.86. The van der Waals surface area contributed by atoms with Gasteiger partial charge in [0.2, 0.25) is 0 Å². The monoisotopic (exact) mass is 1800 g/mol. The first-order valence-electron chi connectivity index (χ1n) is 26.9. The summed E-state index contributed by atoms with van der Waals surface area (Å²) < 4.78 is 684. The zero-order valence-corrected chi connectivity index (χ0v) is 52.9. The van der Waals surface area contributed by atoms with Crippen LogP contribution in [0, 0.1) is 0 Å². The number of ether oxygens (including phenoxy) is 13.